The molecule has 5 heteroatoms. The normalized spacial score (nSPS) is 28.1. The van der Waals surface area contributed by atoms with Crippen molar-refractivity contribution in [2.45, 2.75) is 38.6 Å². The molecule has 2 bridgehead atoms. The highest BCUT2D eigenvalue weighted by Gasteiger charge is 2.39. The summed E-state index contributed by atoms with van der Waals surface area (Å²) in [4.78, 5) is 24.2. The van der Waals surface area contributed by atoms with Crippen LogP contribution >= 0.6 is 0 Å². The van der Waals surface area contributed by atoms with Crippen LogP contribution in [0.1, 0.15) is 30.5 Å². The molecule has 22 heavy (non-hydrogen) atoms. The van der Waals surface area contributed by atoms with E-state index < -0.39 is 0 Å². The molecular weight excluding hydrogens is 278 g/mol. The maximum atomic E-state index is 12.2. The Labute approximate surface area is 129 Å². The van der Waals surface area contributed by atoms with Crippen molar-refractivity contribution in [3.8, 4) is 0 Å². The van der Waals surface area contributed by atoms with Crippen LogP contribution in [-0.2, 0) is 24.2 Å². The van der Waals surface area contributed by atoms with Gasteiger partial charge in [-0.1, -0.05) is 12.2 Å². The lowest BCUT2D eigenvalue weighted by Crippen LogP contribution is -2.37. The van der Waals surface area contributed by atoms with E-state index in [9.17, 15) is 9.59 Å². The van der Waals surface area contributed by atoms with Gasteiger partial charge >= 0.3 is 0 Å². The third kappa shape index (κ3) is 2.38. The minimum atomic E-state index is -0.0576. The summed E-state index contributed by atoms with van der Waals surface area (Å²) >= 11 is 0. The van der Waals surface area contributed by atoms with Crippen molar-refractivity contribution in [3.63, 3.8) is 0 Å². The molecule has 1 N–H and O–H groups in total. The van der Waals surface area contributed by atoms with Gasteiger partial charge in [-0.05, 0) is 49.5 Å². The van der Waals surface area contributed by atoms with Crippen molar-refractivity contribution < 1.29 is 4.79 Å². The lowest BCUT2D eigenvalue weighted by Gasteiger charge is -2.17. The standard InChI is InChI=1S/C17H21N3O2/c21-16-10-13-2-1-3-15(13)19-20(16)7-6-18-17(22)14-9-11-4-5-12(14)8-11/h4-5,10-12,14H,1-3,6-9H2,(H,18,22). The Balaban J connectivity index is 1.35. The van der Waals surface area contributed by atoms with E-state index in [0.29, 0.717) is 24.9 Å². The number of nitrogens with one attached hydrogen (secondary N) is 1. The molecule has 1 aromatic heterocycles. The molecule has 5 nitrogen and oxygen atoms in total. The number of allylic oxidation sites excluding steroid dienone is 2. The van der Waals surface area contributed by atoms with Gasteiger partial charge in [-0.15, -0.1) is 0 Å². The van der Waals surface area contributed by atoms with Crippen LogP contribution in [0.4, 0.5) is 0 Å². The van der Waals surface area contributed by atoms with Crippen molar-refractivity contribution in [3.05, 3.63) is 39.8 Å². The number of carbonyl (C=O) groups excluding carboxylic acids is 1. The van der Waals surface area contributed by atoms with Crippen molar-refractivity contribution in [2.24, 2.45) is 17.8 Å². The Kier molecular flexibility index (Phi) is 3.36. The van der Waals surface area contributed by atoms with Gasteiger partial charge in [-0.2, -0.15) is 5.10 Å². The van der Waals surface area contributed by atoms with Crippen molar-refractivity contribution >= 4 is 5.91 Å². The van der Waals surface area contributed by atoms with Crippen LogP contribution < -0.4 is 10.9 Å². The number of nitrogens with zero attached hydrogens (tertiary/aromatic N) is 2. The zero-order chi connectivity index (χ0) is 15.1. The predicted molar refractivity (Wildman–Crippen MR) is 82.4 cm³/mol. The lowest BCUT2D eigenvalue weighted by molar-refractivity contribution is -0.125. The molecule has 1 heterocycles. The topological polar surface area (TPSA) is 64.0 Å². The van der Waals surface area contributed by atoms with Crippen LogP contribution in [0.2, 0.25) is 0 Å². The van der Waals surface area contributed by atoms with Gasteiger partial charge in [-0.3, -0.25) is 9.59 Å². The van der Waals surface area contributed by atoms with E-state index >= 15 is 0 Å². The largest absolute Gasteiger partial charge is 0.354 e. The SMILES string of the molecule is O=C(NCCn1nc2c(cc1=O)CCC2)C1CC2C=CC1C2. The van der Waals surface area contributed by atoms with Gasteiger partial charge in [0.25, 0.3) is 5.56 Å². The number of rotatable bonds is 4. The molecule has 0 aliphatic heterocycles. The first-order valence-corrected chi connectivity index (χ1v) is 8.26. The van der Waals surface area contributed by atoms with Crippen LogP contribution in [0.3, 0.4) is 0 Å². The molecule has 0 aromatic carbocycles. The summed E-state index contributed by atoms with van der Waals surface area (Å²) in [6, 6.07) is 1.71. The lowest BCUT2D eigenvalue weighted by atomic mass is 9.93. The third-order valence-electron chi connectivity index (χ3n) is 5.26. The first-order chi connectivity index (χ1) is 10.7. The number of aryl methyl sites for hydroxylation is 2. The number of amides is 1. The minimum absolute atomic E-state index is 0.0576. The van der Waals surface area contributed by atoms with Gasteiger partial charge in [0.15, 0.2) is 0 Å². The van der Waals surface area contributed by atoms with E-state index in [0.717, 1.165) is 43.4 Å². The summed E-state index contributed by atoms with van der Waals surface area (Å²) in [6.45, 7) is 0.927. The van der Waals surface area contributed by atoms with E-state index in [4.69, 9.17) is 0 Å². The molecule has 3 unspecified atom stereocenters. The number of fused-ring (bicyclic) bond motifs is 3. The molecule has 0 saturated heterocycles. The summed E-state index contributed by atoms with van der Waals surface area (Å²) in [5.41, 5.74) is 2.08. The van der Waals surface area contributed by atoms with Crippen LogP contribution in [-0.4, -0.2) is 22.2 Å². The smallest absolute Gasteiger partial charge is 0.267 e. The maximum Gasteiger partial charge on any atom is 0.267 e. The highest BCUT2D eigenvalue weighted by atomic mass is 16.2. The molecule has 1 aromatic rings. The summed E-state index contributed by atoms with van der Waals surface area (Å²) in [7, 11) is 0. The second-order valence-electron chi connectivity index (χ2n) is 6.71. The Bertz CT molecular complexity index is 692. The van der Waals surface area contributed by atoms with Crippen LogP contribution in [0.5, 0.6) is 0 Å². The number of hydrogen-bond acceptors (Lipinski definition) is 3. The average Bonchev–Trinajstić information content (AvgIpc) is 3.22. The van der Waals surface area contributed by atoms with Gasteiger partial charge in [0, 0.05) is 18.5 Å². The van der Waals surface area contributed by atoms with Gasteiger partial charge < -0.3 is 5.32 Å². The molecular formula is C17H21N3O2. The van der Waals surface area contributed by atoms with Gasteiger partial charge in [0.1, 0.15) is 0 Å². The Morgan fingerprint density at radius 3 is 3.00 bits per heavy atom. The molecule has 1 fully saturated rings. The molecule has 0 radical (unpaired) electrons. The fraction of sp³-hybridized carbons (Fsp3) is 0.588. The van der Waals surface area contributed by atoms with Crippen LogP contribution in [0.15, 0.2) is 23.0 Å². The fourth-order valence-electron chi connectivity index (χ4n) is 4.10. The number of hydrogen-bond donors (Lipinski definition) is 1. The fourth-order valence-corrected chi connectivity index (χ4v) is 4.10. The summed E-state index contributed by atoms with van der Waals surface area (Å²) in [6.07, 6.45) is 9.54. The summed E-state index contributed by atoms with van der Waals surface area (Å²) < 4.78 is 1.49. The van der Waals surface area contributed by atoms with E-state index in [1.807, 2.05) is 0 Å². The first-order valence-electron chi connectivity index (χ1n) is 8.26. The van der Waals surface area contributed by atoms with E-state index in [1.54, 1.807) is 6.07 Å². The highest BCUT2D eigenvalue weighted by molar-refractivity contribution is 5.79. The molecule has 116 valence electrons. The Hall–Kier alpha value is -1.91. The first kappa shape index (κ1) is 13.7. The second-order valence-corrected chi connectivity index (χ2v) is 6.71. The zero-order valence-electron chi connectivity index (χ0n) is 12.6. The van der Waals surface area contributed by atoms with E-state index in [1.165, 1.54) is 4.68 Å². The highest BCUT2D eigenvalue weighted by Crippen LogP contribution is 2.43. The Morgan fingerprint density at radius 1 is 1.32 bits per heavy atom. The average molecular weight is 299 g/mol. The molecule has 0 spiro atoms. The maximum absolute atomic E-state index is 12.2. The molecule has 3 aliphatic carbocycles. The molecule has 1 amide bonds. The molecule has 3 atom stereocenters. The molecule has 4 rings (SSSR count). The van der Waals surface area contributed by atoms with E-state index in [-0.39, 0.29) is 17.4 Å². The minimum Gasteiger partial charge on any atom is -0.354 e. The van der Waals surface area contributed by atoms with Gasteiger partial charge in [0.05, 0.1) is 12.2 Å². The van der Waals surface area contributed by atoms with Crippen molar-refractivity contribution in [2.75, 3.05) is 6.54 Å². The quantitative estimate of drug-likeness (QED) is 0.846. The van der Waals surface area contributed by atoms with Crippen LogP contribution in [0, 0.1) is 17.8 Å². The zero-order valence-corrected chi connectivity index (χ0v) is 12.6. The van der Waals surface area contributed by atoms with Gasteiger partial charge in [-0.25, -0.2) is 4.68 Å². The monoisotopic (exact) mass is 299 g/mol. The van der Waals surface area contributed by atoms with Crippen molar-refractivity contribution in [1.29, 1.82) is 0 Å². The summed E-state index contributed by atoms with van der Waals surface area (Å²) in [5, 5.41) is 7.41. The van der Waals surface area contributed by atoms with E-state index in [2.05, 4.69) is 22.6 Å². The van der Waals surface area contributed by atoms with Crippen LogP contribution in [0.25, 0.3) is 0 Å². The number of aromatic nitrogens is 2. The third-order valence-corrected chi connectivity index (χ3v) is 5.26. The molecule has 3 aliphatic rings. The number of carbonyl (C=O) groups is 1. The Morgan fingerprint density at radius 2 is 2.23 bits per heavy atom. The molecule has 1 saturated carbocycles. The van der Waals surface area contributed by atoms with Gasteiger partial charge in [0.2, 0.25) is 5.91 Å². The van der Waals surface area contributed by atoms with Crippen molar-refractivity contribution in [1.82, 2.24) is 15.1 Å². The summed E-state index contributed by atoms with van der Waals surface area (Å²) in [5.74, 6) is 1.28. The second kappa shape index (κ2) is 5.38. The predicted octanol–water partition coefficient (Wildman–Crippen LogP) is 1.06.